The van der Waals surface area contributed by atoms with Gasteiger partial charge in [0.2, 0.25) is 0 Å². The number of aromatic nitrogens is 1. The lowest BCUT2D eigenvalue weighted by molar-refractivity contribution is 0.0697. The molecule has 1 aromatic heterocycles. The maximum absolute atomic E-state index is 15.6. The largest absolute Gasteiger partial charge is 0.494 e. The third-order valence-electron chi connectivity index (χ3n) is 8.71. The number of fused-ring (bicyclic) bond motifs is 5. The van der Waals surface area contributed by atoms with E-state index in [9.17, 15) is 9.90 Å². The van der Waals surface area contributed by atoms with Gasteiger partial charge in [-0.2, -0.15) is 0 Å². The summed E-state index contributed by atoms with van der Waals surface area (Å²) in [6.45, 7) is 13.3. The number of rotatable bonds is 9. The molecule has 0 radical (unpaired) electrons. The van der Waals surface area contributed by atoms with Crippen LogP contribution in [0.15, 0.2) is 36.4 Å². The zero-order chi connectivity index (χ0) is 27.5. The van der Waals surface area contributed by atoms with E-state index in [4.69, 9.17) is 4.74 Å². The number of carboxylic acids is 1. The predicted octanol–water partition coefficient (Wildman–Crippen LogP) is 6.56. The summed E-state index contributed by atoms with van der Waals surface area (Å²) in [5.74, 6) is -0.284. The van der Waals surface area contributed by atoms with Gasteiger partial charge in [-0.15, -0.1) is 0 Å². The summed E-state index contributed by atoms with van der Waals surface area (Å²) >= 11 is 0. The molecule has 7 heteroatoms. The van der Waals surface area contributed by atoms with E-state index in [2.05, 4.69) is 40.3 Å². The van der Waals surface area contributed by atoms with Crippen molar-refractivity contribution < 1.29 is 19.0 Å². The van der Waals surface area contributed by atoms with Crippen molar-refractivity contribution in [3.8, 4) is 17.0 Å². The summed E-state index contributed by atoms with van der Waals surface area (Å²) in [5.41, 5.74) is 5.55. The molecule has 0 spiro atoms. The highest BCUT2D eigenvalue weighted by atomic mass is 19.1. The fourth-order valence-corrected chi connectivity index (χ4v) is 6.58. The van der Waals surface area contributed by atoms with Gasteiger partial charge in [-0.1, -0.05) is 32.8 Å². The molecule has 2 aliphatic rings. The summed E-state index contributed by atoms with van der Waals surface area (Å²) in [4.78, 5) is 16.9. The van der Waals surface area contributed by atoms with E-state index in [0.717, 1.165) is 98.5 Å². The Hall–Kier alpha value is -2.90. The smallest absolute Gasteiger partial charge is 0.335 e. The molecule has 1 aliphatic carbocycles. The topological polar surface area (TPSA) is 57.9 Å². The lowest BCUT2D eigenvalue weighted by Gasteiger charge is -2.32. The molecule has 1 aliphatic heterocycles. The molecule has 1 fully saturated rings. The Morgan fingerprint density at radius 3 is 2.59 bits per heavy atom. The minimum absolute atomic E-state index is 0.189. The van der Waals surface area contributed by atoms with E-state index in [1.165, 1.54) is 5.56 Å². The summed E-state index contributed by atoms with van der Waals surface area (Å²) in [6, 6.07) is 11.7. The van der Waals surface area contributed by atoms with Gasteiger partial charge < -0.3 is 19.3 Å². The number of ether oxygens (including phenoxy) is 1. The molecular formula is C32H42FN3O3. The number of likely N-dealkylation sites (N-methyl/N-ethyl adjacent to an activating group) is 1. The first-order valence-electron chi connectivity index (χ1n) is 14.7. The van der Waals surface area contributed by atoms with Crippen LogP contribution in [0.25, 0.3) is 22.2 Å². The van der Waals surface area contributed by atoms with E-state index >= 15 is 4.39 Å². The van der Waals surface area contributed by atoms with Crippen molar-refractivity contribution >= 4 is 16.9 Å². The van der Waals surface area contributed by atoms with Gasteiger partial charge >= 0.3 is 5.97 Å². The number of hydrogen-bond acceptors (Lipinski definition) is 4. The third kappa shape index (κ3) is 5.57. The number of carboxylic acid groups (broad SMARTS) is 1. The van der Waals surface area contributed by atoms with Crippen LogP contribution in [-0.2, 0) is 13.1 Å². The molecule has 0 bridgehead atoms. The van der Waals surface area contributed by atoms with Crippen molar-refractivity contribution in [2.45, 2.75) is 71.6 Å². The predicted molar refractivity (Wildman–Crippen MR) is 155 cm³/mol. The van der Waals surface area contributed by atoms with Crippen molar-refractivity contribution in [3.63, 3.8) is 0 Å². The van der Waals surface area contributed by atoms with Gasteiger partial charge in [0.15, 0.2) is 0 Å². The molecule has 1 N–H and O–H groups in total. The van der Waals surface area contributed by atoms with Gasteiger partial charge in [-0.05, 0) is 74.3 Å². The minimum Gasteiger partial charge on any atom is -0.494 e. The average molecular weight is 536 g/mol. The molecule has 0 unspecified atom stereocenters. The Labute approximate surface area is 231 Å². The van der Waals surface area contributed by atoms with Gasteiger partial charge in [0.25, 0.3) is 0 Å². The fraction of sp³-hybridized carbons (Fsp3) is 0.531. The highest BCUT2D eigenvalue weighted by Gasteiger charge is 2.34. The van der Waals surface area contributed by atoms with Crippen LogP contribution < -0.4 is 4.74 Å². The number of hydrogen-bond donors (Lipinski definition) is 1. The Kier molecular flexibility index (Phi) is 8.57. The van der Waals surface area contributed by atoms with Crippen LogP contribution in [0.5, 0.6) is 5.75 Å². The first-order valence-corrected chi connectivity index (χ1v) is 14.7. The second-order valence-corrected chi connectivity index (χ2v) is 10.9. The first kappa shape index (κ1) is 27.7. The van der Waals surface area contributed by atoms with Crippen LogP contribution in [0.2, 0.25) is 0 Å². The Morgan fingerprint density at radius 1 is 1.08 bits per heavy atom. The zero-order valence-electron chi connectivity index (χ0n) is 23.6. The van der Waals surface area contributed by atoms with E-state index in [-0.39, 0.29) is 11.5 Å². The van der Waals surface area contributed by atoms with Gasteiger partial charge in [0, 0.05) is 55.1 Å². The standard InChI is InChI=1S/C32H42FN3O3/c1-4-34(5-2)15-16-35-17-18-36-29-20-22(32(37)38)11-13-27(29)30(26-9-7-8-10-28(26)33)31(36)25-14-12-24(39-6-3)19-23(25)21-35/h11-14,19-20,26,28H,4-10,15-18,21H2,1-3H3,(H,37,38)/t26-,28-/m1/s1. The van der Waals surface area contributed by atoms with Crippen LogP contribution in [0.3, 0.4) is 0 Å². The van der Waals surface area contributed by atoms with E-state index in [0.29, 0.717) is 13.0 Å². The molecule has 2 aromatic carbocycles. The van der Waals surface area contributed by atoms with Gasteiger partial charge in [0.1, 0.15) is 11.9 Å². The molecular weight excluding hydrogens is 493 g/mol. The molecule has 3 aromatic rings. The van der Waals surface area contributed by atoms with Gasteiger partial charge in [0.05, 0.1) is 17.9 Å². The molecule has 2 atom stereocenters. The highest BCUT2D eigenvalue weighted by molar-refractivity contribution is 5.98. The normalized spacial score (nSPS) is 19.9. The lowest BCUT2D eigenvalue weighted by atomic mass is 9.80. The number of nitrogens with zero attached hydrogens (tertiary/aromatic N) is 3. The quantitative estimate of drug-likeness (QED) is 0.336. The van der Waals surface area contributed by atoms with Crippen LogP contribution in [0.4, 0.5) is 4.39 Å². The third-order valence-corrected chi connectivity index (χ3v) is 8.71. The molecule has 1 saturated carbocycles. The first-order chi connectivity index (χ1) is 18.9. The Morgan fingerprint density at radius 2 is 1.87 bits per heavy atom. The number of carbonyl (C=O) groups is 1. The number of aromatic carboxylic acids is 1. The number of alkyl halides is 1. The van der Waals surface area contributed by atoms with Crippen LogP contribution in [0.1, 0.15) is 73.9 Å². The molecule has 2 heterocycles. The lowest BCUT2D eigenvalue weighted by Crippen LogP contribution is -2.37. The molecule has 6 nitrogen and oxygen atoms in total. The van der Waals surface area contributed by atoms with Crippen LogP contribution >= 0.6 is 0 Å². The van der Waals surface area contributed by atoms with Gasteiger partial charge in [-0.25, -0.2) is 9.18 Å². The zero-order valence-corrected chi connectivity index (χ0v) is 23.6. The fourth-order valence-electron chi connectivity index (χ4n) is 6.58. The van der Waals surface area contributed by atoms with Crippen molar-refractivity contribution in [1.29, 1.82) is 0 Å². The van der Waals surface area contributed by atoms with Crippen molar-refractivity contribution in [2.75, 3.05) is 39.3 Å². The second-order valence-electron chi connectivity index (χ2n) is 10.9. The summed E-state index contributed by atoms with van der Waals surface area (Å²) in [6.07, 6.45) is 2.44. The number of benzene rings is 2. The second kappa shape index (κ2) is 12.1. The Bertz CT molecular complexity index is 1320. The molecule has 210 valence electrons. The van der Waals surface area contributed by atoms with Gasteiger partial charge in [-0.3, -0.25) is 4.90 Å². The Balaban J connectivity index is 1.70. The molecule has 0 amide bonds. The average Bonchev–Trinajstić information content (AvgIpc) is 3.24. The number of halogens is 1. The maximum atomic E-state index is 15.6. The molecule has 5 rings (SSSR count). The maximum Gasteiger partial charge on any atom is 0.335 e. The summed E-state index contributed by atoms with van der Waals surface area (Å²) < 4.78 is 23.8. The SMILES string of the molecule is CCOc1ccc2c(c1)CN(CCN(CC)CC)CCn1c-2c([C@@H]2CCCC[C@H]2F)c2ccc(C(=O)O)cc21. The van der Waals surface area contributed by atoms with E-state index < -0.39 is 12.1 Å². The van der Waals surface area contributed by atoms with E-state index in [1.54, 1.807) is 12.1 Å². The van der Waals surface area contributed by atoms with Crippen LogP contribution in [0, 0.1) is 0 Å². The van der Waals surface area contributed by atoms with Crippen molar-refractivity contribution in [3.05, 3.63) is 53.1 Å². The molecule has 0 saturated heterocycles. The monoisotopic (exact) mass is 535 g/mol. The molecule has 39 heavy (non-hydrogen) atoms. The van der Waals surface area contributed by atoms with Crippen LogP contribution in [-0.4, -0.2) is 70.9 Å². The van der Waals surface area contributed by atoms with Crippen molar-refractivity contribution in [1.82, 2.24) is 14.4 Å². The van der Waals surface area contributed by atoms with E-state index in [1.807, 2.05) is 19.1 Å². The highest BCUT2D eigenvalue weighted by Crippen LogP contribution is 2.47. The van der Waals surface area contributed by atoms with Crippen molar-refractivity contribution in [2.24, 2.45) is 0 Å². The summed E-state index contributed by atoms with van der Waals surface area (Å²) in [7, 11) is 0. The minimum atomic E-state index is -0.941. The summed E-state index contributed by atoms with van der Waals surface area (Å²) in [5, 5.41) is 10.8.